The van der Waals surface area contributed by atoms with Gasteiger partial charge in [0.1, 0.15) is 12.2 Å². The lowest BCUT2D eigenvalue weighted by Gasteiger charge is -2.28. The van der Waals surface area contributed by atoms with E-state index in [0.717, 1.165) is 32.0 Å². The van der Waals surface area contributed by atoms with Gasteiger partial charge in [0.25, 0.3) is 0 Å². The number of likely N-dealkylation sites (tertiary alicyclic amines) is 1. The van der Waals surface area contributed by atoms with Crippen molar-refractivity contribution in [1.29, 1.82) is 0 Å². The molecule has 144 valence electrons. The van der Waals surface area contributed by atoms with E-state index in [1.54, 1.807) is 13.8 Å². The Bertz CT molecular complexity index is 687. The van der Waals surface area contributed by atoms with Gasteiger partial charge in [-0.15, -0.1) is 0 Å². The Kier molecular flexibility index (Phi) is 4.67. The summed E-state index contributed by atoms with van der Waals surface area (Å²) in [5, 5.41) is 3.08. The summed E-state index contributed by atoms with van der Waals surface area (Å²) in [5.74, 6) is -0.714. The van der Waals surface area contributed by atoms with E-state index in [4.69, 9.17) is 4.74 Å². The Morgan fingerprint density at radius 3 is 2.73 bits per heavy atom. The van der Waals surface area contributed by atoms with E-state index >= 15 is 0 Å². The van der Waals surface area contributed by atoms with Crippen LogP contribution in [0.2, 0.25) is 0 Å². The second-order valence-corrected chi connectivity index (χ2v) is 8.11. The number of hydrogen-bond donors (Lipinski definition) is 1. The number of halogens is 3. The fraction of sp³-hybridized carbons (Fsp3) is 0.667. The molecule has 1 aliphatic heterocycles. The van der Waals surface area contributed by atoms with Gasteiger partial charge in [-0.2, -0.15) is 13.2 Å². The average molecular weight is 371 g/mol. The minimum atomic E-state index is -4.55. The molecule has 0 radical (unpaired) electrons. The van der Waals surface area contributed by atoms with Crippen molar-refractivity contribution in [3.63, 3.8) is 0 Å². The molecule has 1 aromatic rings. The third-order valence-electron chi connectivity index (χ3n) is 5.28. The fourth-order valence-corrected chi connectivity index (χ4v) is 3.47. The number of aromatic nitrogens is 1. The van der Waals surface area contributed by atoms with Crippen LogP contribution in [0, 0.1) is 10.8 Å². The zero-order chi connectivity index (χ0) is 19.2. The van der Waals surface area contributed by atoms with E-state index in [2.05, 4.69) is 15.2 Å². The molecule has 2 fully saturated rings. The van der Waals surface area contributed by atoms with Crippen LogP contribution in [0.15, 0.2) is 18.3 Å². The van der Waals surface area contributed by atoms with E-state index < -0.39 is 23.0 Å². The Balaban J connectivity index is 1.63. The van der Waals surface area contributed by atoms with E-state index in [1.807, 2.05) is 7.05 Å². The van der Waals surface area contributed by atoms with Crippen molar-refractivity contribution in [2.24, 2.45) is 10.8 Å². The summed E-state index contributed by atoms with van der Waals surface area (Å²) < 4.78 is 44.4. The number of ether oxygens (including phenoxy) is 1. The van der Waals surface area contributed by atoms with Crippen molar-refractivity contribution in [1.82, 2.24) is 15.2 Å². The SMILES string of the molecule is CN1C[C@H](NC(=O)C(C)(C)COc2ncccc2C(F)(F)F)C2(CC2)C1. The Hall–Kier alpha value is -1.83. The van der Waals surface area contributed by atoms with Crippen LogP contribution >= 0.6 is 0 Å². The second kappa shape index (κ2) is 6.40. The summed E-state index contributed by atoms with van der Waals surface area (Å²) in [6.07, 6.45) is -1.12. The molecule has 0 bridgehead atoms. The number of pyridine rings is 1. The van der Waals surface area contributed by atoms with Gasteiger partial charge in [-0.25, -0.2) is 4.98 Å². The molecule has 0 aromatic carbocycles. The van der Waals surface area contributed by atoms with E-state index in [0.29, 0.717) is 0 Å². The molecule has 0 unspecified atom stereocenters. The smallest absolute Gasteiger partial charge is 0.421 e. The van der Waals surface area contributed by atoms with Gasteiger partial charge < -0.3 is 15.0 Å². The molecule has 1 saturated heterocycles. The number of nitrogens with one attached hydrogen (secondary N) is 1. The van der Waals surface area contributed by atoms with Crippen molar-refractivity contribution in [3.05, 3.63) is 23.9 Å². The zero-order valence-corrected chi connectivity index (χ0v) is 15.2. The number of likely N-dealkylation sites (N-methyl/N-ethyl adjacent to an activating group) is 1. The Morgan fingerprint density at radius 2 is 2.12 bits per heavy atom. The molecular formula is C18H24F3N3O2. The predicted molar refractivity (Wildman–Crippen MR) is 89.6 cm³/mol. The molecule has 1 spiro atoms. The highest BCUT2D eigenvalue weighted by Crippen LogP contribution is 2.52. The molecule has 3 rings (SSSR count). The lowest BCUT2D eigenvalue weighted by molar-refractivity contribution is -0.139. The molecule has 1 aromatic heterocycles. The summed E-state index contributed by atoms with van der Waals surface area (Å²) in [5.41, 5.74) is -1.74. The third kappa shape index (κ3) is 3.79. The highest BCUT2D eigenvalue weighted by molar-refractivity contribution is 5.82. The third-order valence-corrected chi connectivity index (χ3v) is 5.28. The van der Waals surface area contributed by atoms with Crippen molar-refractivity contribution in [3.8, 4) is 5.88 Å². The summed E-state index contributed by atoms with van der Waals surface area (Å²) >= 11 is 0. The molecule has 8 heteroatoms. The maximum Gasteiger partial charge on any atom is 0.421 e. The van der Waals surface area contributed by atoms with Crippen LogP contribution in [0.1, 0.15) is 32.3 Å². The van der Waals surface area contributed by atoms with E-state index in [-0.39, 0.29) is 24.0 Å². The topological polar surface area (TPSA) is 54.5 Å². The number of hydrogen-bond acceptors (Lipinski definition) is 4. The van der Waals surface area contributed by atoms with E-state index in [1.165, 1.54) is 12.3 Å². The summed E-state index contributed by atoms with van der Waals surface area (Å²) in [6, 6.07) is 2.21. The summed E-state index contributed by atoms with van der Waals surface area (Å²) in [6.45, 7) is 4.90. The number of carbonyl (C=O) groups excluding carboxylic acids is 1. The molecule has 1 N–H and O–H groups in total. The number of rotatable bonds is 5. The molecule has 1 amide bonds. The van der Waals surface area contributed by atoms with E-state index in [9.17, 15) is 18.0 Å². The standard InChI is InChI=1S/C18H24F3N3O2/c1-16(2,11-26-14-12(18(19,20)21)5-4-8-22-14)15(25)23-13-9-24(3)10-17(13)6-7-17/h4-5,8,13H,6-7,9-11H2,1-3H3,(H,23,25)/t13-/m0/s1. The highest BCUT2D eigenvalue weighted by Gasteiger charge is 2.55. The number of amides is 1. The first-order valence-electron chi connectivity index (χ1n) is 8.68. The van der Waals surface area contributed by atoms with Gasteiger partial charge >= 0.3 is 6.18 Å². The van der Waals surface area contributed by atoms with Gasteiger partial charge in [0.05, 0.1) is 5.41 Å². The van der Waals surface area contributed by atoms with Crippen LogP contribution < -0.4 is 10.1 Å². The van der Waals surface area contributed by atoms with Crippen LogP contribution in [-0.2, 0) is 11.0 Å². The van der Waals surface area contributed by atoms with Crippen LogP contribution in [0.3, 0.4) is 0 Å². The zero-order valence-electron chi connectivity index (χ0n) is 15.2. The van der Waals surface area contributed by atoms with Crippen LogP contribution in [-0.4, -0.2) is 48.6 Å². The quantitative estimate of drug-likeness (QED) is 0.865. The summed E-state index contributed by atoms with van der Waals surface area (Å²) in [4.78, 5) is 18.6. The molecule has 2 heterocycles. The number of carbonyl (C=O) groups is 1. The summed E-state index contributed by atoms with van der Waals surface area (Å²) in [7, 11) is 2.03. The van der Waals surface area contributed by atoms with Gasteiger partial charge in [0.2, 0.25) is 11.8 Å². The van der Waals surface area contributed by atoms with Gasteiger partial charge in [0, 0.05) is 30.7 Å². The van der Waals surface area contributed by atoms with Gasteiger partial charge in [-0.05, 0) is 45.9 Å². The normalized spacial score (nSPS) is 22.5. The minimum absolute atomic E-state index is 0.0832. The van der Waals surface area contributed by atoms with Crippen molar-refractivity contribution in [2.45, 2.75) is 38.9 Å². The lowest BCUT2D eigenvalue weighted by atomic mass is 9.91. The van der Waals surface area contributed by atoms with Gasteiger partial charge in [-0.3, -0.25) is 4.79 Å². The van der Waals surface area contributed by atoms with Crippen molar-refractivity contribution >= 4 is 5.91 Å². The predicted octanol–water partition coefficient (Wildman–Crippen LogP) is 2.72. The second-order valence-electron chi connectivity index (χ2n) is 8.11. The van der Waals surface area contributed by atoms with Crippen molar-refractivity contribution < 1.29 is 22.7 Å². The van der Waals surface area contributed by atoms with Crippen LogP contribution in [0.25, 0.3) is 0 Å². The van der Waals surface area contributed by atoms with Gasteiger partial charge in [0.15, 0.2) is 0 Å². The first kappa shape index (κ1) is 18.9. The Morgan fingerprint density at radius 1 is 1.42 bits per heavy atom. The van der Waals surface area contributed by atoms with Crippen molar-refractivity contribution in [2.75, 3.05) is 26.7 Å². The maximum absolute atomic E-state index is 13.0. The first-order chi connectivity index (χ1) is 12.0. The first-order valence-corrected chi connectivity index (χ1v) is 8.68. The molecule has 1 saturated carbocycles. The molecular weight excluding hydrogens is 347 g/mol. The molecule has 1 atom stereocenters. The van der Waals surface area contributed by atoms with Crippen LogP contribution in [0.4, 0.5) is 13.2 Å². The molecule has 26 heavy (non-hydrogen) atoms. The maximum atomic E-state index is 13.0. The van der Waals surface area contributed by atoms with Crippen LogP contribution in [0.5, 0.6) is 5.88 Å². The molecule has 1 aliphatic carbocycles. The average Bonchev–Trinajstić information content (AvgIpc) is 3.25. The molecule has 5 nitrogen and oxygen atoms in total. The monoisotopic (exact) mass is 371 g/mol. The minimum Gasteiger partial charge on any atom is -0.476 e. The Labute approximate surface area is 150 Å². The number of nitrogens with zero attached hydrogens (tertiary/aromatic N) is 2. The fourth-order valence-electron chi connectivity index (χ4n) is 3.47. The molecule has 2 aliphatic rings. The highest BCUT2D eigenvalue weighted by atomic mass is 19.4. The number of alkyl halides is 3. The lowest BCUT2D eigenvalue weighted by Crippen LogP contribution is -2.49. The largest absolute Gasteiger partial charge is 0.476 e. The van der Waals surface area contributed by atoms with Gasteiger partial charge in [-0.1, -0.05) is 0 Å².